The molecule has 4 rings (SSSR count). The van der Waals surface area contributed by atoms with Gasteiger partial charge in [0.1, 0.15) is 5.60 Å². The summed E-state index contributed by atoms with van der Waals surface area (Å²) in [5.74, 6) is -1.47. The van der Waals surface area contributed by atoms with E-state index in [1.807, 2.05) is 12.1 Å². The van der Waals surface area contributed by atoms with E-state index in [0.29, 0.717) is 30.4 Å². The van der Waals surface area contributed by atoms with Crippen molar-refractivity contribution in [3.63, 3.8) is 0 Å². The molecule has 1 N–H and O–H groups in total. The largest absolute Gasteiger partial charge is 0.382 e. The summed E-state index contributed by atoms with van der Waals surface area (Å²) in [5.41, 5.74) is 1.20. The molecule has 1 saturated carbocycles. The predicted molar refractivity (Wildman–Crippen MR) is 96.7 cm³/mol. The molecule has 1 fully saturated rings. The Kier molecular flexibility index (Phi) is 4.08. The number of hydrogen-bond donors (Lipinski definition) is 1. The zero-order valence-electron chi connectivity index (χ0n) is 14.5. The van der Waals surface area contributed by atoms with Crippen LogP contribution in [0.25, 0.3) is 0 Å². The summed E-state index contributed by atoms with van der Waals surface area (Å²) in [6.07, 6.45) is 4.02. The van der Waals surface area contributed by atoms with Crippen molar-refractivity contribution in [2.45, 2.75) is 44.1 Å². The maximum absolute atomic E-state index is 12.9. The van der Waals surface area contributed by atoms with Crippen LogP contribution < -0.4 is 0 Å². The lowest BCUT2D eigenvalue weighted by Crippen LogP contribution is -2.40. The van der Waals surface area contributed by atoms with Crippen LogP contribution in [0.2, 0.25) is 0 Å². The second-order valence-corrected chi connectivity index (χ2v) is 7.29. The van der Waals surface area contributed by atoms with Crippen LogP contribution in [-0.4, -0.2) is 28.1 Å². The number of Topliss-reactive ketones (excluding diaryl/α,β-unsaturated/α-hetero) is 3. The molecule has 26 heavy (non-hydrogen) atoms. The number of hydrogen-bond acceptors (Lipinski definition) is 4. The normalized spacial score (nSPS) is 18.7. The number of aliphatic hydroxyl groups is 1. The fraction of sp³-hybridized carbons (Fsp3) is 0.318. The van der Waals surface area contributed by atoms with Gasteiger partial charge in [-0.1, -0.05) is 55.7 Å². The standard InChI is InChI=1S/C22H20O4/c23-19-17-7-3-2-6-14(17)12-15-8-9-16(13-18(15)20(19)24)21(25)22(26)10-4-1-5-11-22/h2-3,6-9,13,26H,1,4-5,10-12H2. The summed E-state index contributed by atoms with van der Waals surface area (Å²) in [6.45, 7) is 0. The minimum absolute atomic E-state index is 0.274. The lowest BCUT2D eigenvalue weighted by Gasteiger charge is -2.30. The first-order valence-electron chi connectivity index (χ1n) is 9.07. The second kappa shape index (κ2) is 6.29. The van der Waals surface area contributed by atoms with Crippen molar-refractivity contribution in [2.24, 2.45) is 0 Å². The molecule has 0 radical (unpaired) electrons. The number of benzene rings is 2. The summed E-state index contributed by atoms with van der Waals surface area (Å²) >= 11 is 0. The molecule has 0 heterocycles. The van der Waals surface area contributed by atoms with Crippen LogP contribution in [0.4, 0.5) is 0 Å². The van der Waals surface area contributed by atoms with E-state index < -0.39 is 17.2 Å². The molecule has 0 aliphatic heterocycles. The van der Waals surface area contributed by atoms with Gasteiger partial charge in [-0.2, -0.15) is 0 Å². The molecule has 132 valence electrons. The molecular weight excluding hydrogens is 328 g/mol. The van der Waals surface area contributed by atoms with E-state index in [2.05, 4.69) is 0 Å². The molecule has 2 aliphatic rings. The number of carbonyl (C=O) groups is 3. The third-order valence-corrected chi connectivity index (χ3v) is 5.57. The molecular formula is C22H20O4. The highest BCUT2D eigenvalue weighted by atomic mass is 16.3. The van der Waals surface area contributed by atoms with Crippen LogP contribution in [0.15, 0.2) is 42.5 Å². The first kappa shape index (κ1) is 16.9. The Balaban J connectivity index is 1.75. The SMILES string of the molecule is O=C1C(=O)c2cc(C(=O)C3(O)CCCCC3)ccc2Cc2ccccc21. The summed E-state index contributed by atoms with van der Waals surface area (Å²) < 4.78 is 0. The lowest BCUT2D eigenvalue weighted by molar-refractivity contribution is 0.0116. The minimum Gasteiger partial charge on any atom is -0.382 e. The lowest BCUT2D eigenvalue weighted by atomic mass is 9.79. The molecule has 0 amide bonds. The molecule has 4 nitrogen and oxygen atoms in total. The van der Waals surface area contributed by atoms with E-state index in [1.54, 1.807) is 24.3 Å². The molecule has 0 bridgehead atoms. The van der Waals surface area contributed by atoms with Crippen LogP contribution in [0.5, 0.6) is 0 Å². The van der Waals surface area contributed by atoms with Crippen LogP contribution in [0.1, 0.15) is 74.3 Å². The third kappa shape index (κ3) is 2.71. The quantitative estimate of drug-likeness (QED) is 0.666. The van der Waals surface area contributed by atoms with Gasteiger partial charge in [-0.25, -0.2) is 0 Å². The smallest absolute Gasteiger partial charge is 0.233 e. The van der Waals surface area contributed by atoms with E-state index in [0.717, 1.165) is 30.4 Å². The van der Waals surface area contributed by atoms with E-state index in [9.17, 15) is 19.5 Å². The molecule has 0 saturated heterocycles. The van der Waals surface area contributed by atoms with Crippen molar-refractivity contribution in [3.05, 3.63) is 70.3 Å². The van der Waals surface area contributed by atoms with Crippen molar-refractivity contribution < 1.29 is 19.5 Å². The Morgan fingerprint density at radius 1 is 0.846 bits per heavy atom. The van der Waals surface area contributed by atoms with Gasteiger partial charge in [0, 0.05) is 16.7 Å². The molecule has 0 unspecified atom stereocenters. The van der Waals surface area contributed by atoms with E-state index in [-0.39, 0.29) is 11.3 Å². The van der Waals surface area contributed by atoms with Gasteiger partial charge in [0.15, 0.2) is 5.78 Å². The van der Waals surface area contributed by atoms with Gasteiger partial charge < -0.3 is 5.11 Å². The molecule has 2 aromatic carbocycles. The van der Waals surface area contributed by atoms with Crippen LogP contribution in [0.3, 0.4) is 0 Å². The Morgan fingerprint density at radius 2 is 1.50 bits per heavy atom. The Bertz CT molecular complexity index is 919. The molecule has 0 atom stereocenters. The van der Waals surface area contributed by atoms with Gasteiger partial charge in [-0.15, -0.1) is 0 Å². The molecule has 0 spiro atoms. The first-order valence-corrected chi connectivity index (χ1v) is 9.07. The second-order valence-electron chi connectivity index (χ2n) is 7.29. The maximum Gasteiger partial charge on any atom is 0.233 e. The van der Waals surface area contributed by atoms with Crippen molar-refractivity contribution in [2.75, 3.05) is 0 Å². The Hall–Kier alpha value is -2.59. The maximum atomic E-state index is 12.9. The molecule has 2 aromatic rings. The predicted octanol–water partition coefficient (Wildman–Crippen LogP) is 3.53. The molecule has 4 heteroatoms. The first-order chi connectivity index (χ1) is 12.5. The van der Waals surface area contributed by atoms with Gasteiger partial charge in [0.2, 0.25) is 11.6 Å². The average molecular weight is 348 g/mol. The minimum atomic E-state index is -1.35. The third-order valence-electron chi connectivity index (χ3n) is 5.57. The topological polar surface area (TPSA) is 71.4 Å². The highest BCUT2D eigenvalue weighted by molar-refractivity contribution is 6.50. The summed E-state index contributed by atoms with van der Waals surface area (Å²) in [4.78, 5) is 38.1. The van der Waals surface area contributed by atoms with Gasteiger partial charge in [0.25, 0.3) is 0 Å². The summed E-state index contributed by atoms with van der Waals surface area (Å²) in [6, 6.07) is 12.0. The number of ketones is 3. The molecule has 2 aliphatic carbocycles. The Morgan fingerprint density at radius 3 is 2.27 bits per heavy atom. The van der Waals surface area contributed by atoms with Crippen molar-refractivity contribution in [3.8, 4) is 0 Å². The van der Waals surface area contributed by atoms with Crippen LogP contribution >= 0.6 is 0 Å². The van der Waals surface area contributed by atoms with Crippen LogP contribution in [-0.2, 0) is 6.42 Å². The number of carbonyl (C=O) groups excluding carboxylic acids is 3. The molecule has 0 aromatic heterocycles. The van der Waals surface area contributed by atoms with Gasteiger partial charge in [-0.05, 0) is 36.5 Å². The fourth-order valence-electron chi connectivity index (χ4n) is 4.06. The number of fused-ring (bicyclic) bond motifs is 2. The fourth-order valence-corrected chi connectivity index (χ4v) is 4.06. The summed E-state index contributed by atoms with van der Waals surface area (Å²) in [7, 11) is 0. The van der Waals surface area contributed by atoms with Crippen LogP contribution in [0, 0.1) is 0 Å². The van der Waals surface area contributed by atoms with Crippen molar-refractivity contribution in [1.82, 2.24) is 0 Å². The van der Waals surface area contributed by atoms with Gasteiger partial charge in [-0.3, -0.25) is 14.4 Å². The van der Waals surface area contributed by atoms with Crippen molar-refractivity contribution in [1.29, 1.82) is 0 Å². The van der Waals surface area contributed by atoms with E-state index >= 15 is 0 Å². The Labute approximate surface area is 151 Å². The van der Waals surface area contributed by atoms with E-state index in [1.165, 1.54) is 6.07 Å². The zero-order valence-corrected chi connectivity index (χ0v) is 14.5. The number of rotatable bonds is 2. The highest BCUT2D eigenvalue weighted by Gasteiger charge is 2.38. The average Bonchev–Trinajstić information content (AvgIpc) is 2.77. The van der Waals surface area contributed by atoms with E-state index in [4.69, 9.17) is 0 Å². The summed E-state index contributed by atoms with van der Waals surface area (Å²) in [5, 5.41) is 10.7. The van der Waals surface area contributed by atoms with Crippen molar-refractivity contribution >= 4 is 17.3 Å². The monoisotopic (exact) mass is 348 g/mol. The van der Waals surface area contributed by atoms with Gasteiger partial charge >= 0.3 is 0 Å². The van der Waals surface area contributed by atoms with Gasteiger partial charge in [0.05, 0.1) is 0 Å². The highest BCUT2D eigenvalue weighted by Crippen LogP contribution is 2.32. The zero-order chi connectivity index (χ0) is 18.3.